The number of hydrogen-bond acceptors (Lipinski definition) is 7. The van der Waals surface area contributed by atoms with Crippen LogP contribution in [0.2, 0.25) is 0 Å². The molecule has 0 aromatic heterocycles. The van der Waals surface area contributed by atoms with Crippen molar-refractivity contribution in [2.75, 3.05) is 19.5 Å². The van der Waals surface area contributed by atoms with Crippen molar-refractivity contribution < 1.29 is 32.5 Å². The molecule has 0 amide bonds. The highest BCUT2D eigenvalue weighted by molar-refractivity contribution is 7.91. The maximum absolute atomic E-state index is 13.0. The van der Waals surface area contributed by atoms with Crippen molar-refractivity contribution in [2.45, 2.75) is 68.2 Å². The SMILES string of the molecule is COc1ccc(COCCC[C@H](OCc2ccccc2)[C@H]2CC[C@@H](O)[C@@H](CS(=O)(=O)c3ccccc3)O2)cc1. The van der Waals surface area contributed by atoms with Gasteiger partial charge in [-0.15, -0.1) is 0 Å². The lowest BCUT2D eigenvalue weighted by molar-refractivity contribution is -0.161. The van der Waals surface area contributed by atoms with Gasteiger partial charge in [0, 0.05) is 6.61 Å². The van der Waals surface area contributed by atoms with Gasteiger partial charge >= 0.3 is 0 Å². The van der Waals surface area contributed by atoms with E-state index in [1.54, 1.807) is 37.4 Å². The summed E-state index contributed by atoms with van der Waals surface area (Å²) in [6.07, 6.45) is 0.247. The highest BCUT2D eigenvalue weighted by Crippen LogP contribution is 2.28. The van der Waals surface area contributed by atoms with E-state index in [0.717, 1.165) is 23.3 Å². The Hall–Kier alpha value is -2.75. The number of ether oxygens (including phenoxy) is 4. The quantitative estimate of drug-likeness (QED) is 0.282. The molecule has 4 atom stereocenters. The molecule has 1 heterocycles. The van der Waals surface area contributed by atoms with Gasteiger partial charge in [-0.1, -0.05) is 60.7 Å². The van der Waals surface area contributed by atoms with Crippen LogP contribution >= 0.6 is 0 Å². The van der Waals surface area contributed by atoms with Crippen molar-refractivity contribution in [1.82, 2.24) is 0 Å². The maximum Gasteiger partial charge on any atom is 0.181 e. The van der Waals surface area contributed by atoms with Gasteiger partial charge in [-0.05, 0) is 61.1 Å². The third-order valence-corrected chi connectivity index (χ3v) is 8.70. The number of rotatable bonds is 14. The maximum atomic E-state index is 13.0. The first-order valence-electron chi connectivity index (χ1n) is 13.4. The summed E-state index contributed by atoms with van der Waals surface area (Å²) in [6.45, 7) is 1.48. The van der Waals surface area contributed by atoms with Crippen molar-refractivity contribution in [3.63, 3.8) is 0 Å². The first-order chi connectivity index (χ1) is 18.9. The van der Waals surface area contributed by atoms with Gasteiger partial charge in [-0.25, -0.2) is 8.42 Å². The van der Waals surface area contributed by atoms with Crippen molar-refractivity contribution >= 4 is 9.84 Å². The molecule has 8 heteroatoms. The van der Waals surface area contributed by atoms with Crippen molar-refractivity contribution in [1.29, 1.82) is 0 Å². The minimum absolute atomic E-state index is 0.230. The van der Waals surface area contributed by atoms with Crippen LogP contribution in [0.3, 0.4) is 0 Å². The van der Waals surface area contributed by atoms with E-state index in [0.29, 0.717) is 39.1 Å². The highest BCUT2D eigenvalue weighted by atomic mass is 32.2. The fraction of sp³-hybridized carbons (Fsp3) is 0.419. The largest absolute Gasteiger partial charge is 0.497 e. The lowest BCUT2D eigenvalue weighted by Gasteiger charge is -2.37. The Morgan fingerprint density at radius 2 is 1.56 bits per heavy atom. The van der Waals surface area contributed by atoms with Crippen LogP contribution in [-0.2, 0) is 37.3 Å². The molecule has 1 aliphatic rings. The average molecular weight is 555 g/mol. The molecule has 0 unspecified atom stereocenters. The summed E-state index contributed by atoms with van der Waals surface area (Å²) >= 11 is 0. The summed E-state index contributed by atoms with van der Waals surface area (Å²) in [4.78, 5) is 0.230. The van der Waals surface area contributed by atoms with Crippen LogP contribution in [-0.4, -0.2) is 57.4 Å². The van der Waals surface area contributed by atoms with Crippen LogP contribution in [0.1, 0.15) is 36.8 Å². The van der Waals surface area contributed by atoms with E-state index in [1.807, 2.05) is 54.6 Å². The Kier molecular flexibility index (Phi) is 10.9. The number of sulfone groups is 1. The van der Waals surface area contributed by atoms with Gasteiger partial charge in [0.1, 0.15) is 5.75 Å². The Balaban J connectivity index is 1.35. The minimum Gasteiger partial charge on any atom is -0.497 e. The molecule has 0 radical (unpaired) electrons. The summed E-state index contributed by atoms with van der Waals surface area (Å²) in [5.74, 6) is 0.537. The van der Waals surface area contributed by atoms with Crippen LogP contribution < -0.4 is 4.74 Å². The van der Waals surface area contributed by atoms with Crippen molar-refractivity contribution in [3.8, 4) is 5.75 Å². The van der Waals surface area contributed by atoms with Crippen LogP contribution in [0, 0.1) is 0 Å². The van der Waals surface area contributed by atoms with Gasteiger partial charge in [-0.3, -0.25) is 0 Å². The van der Waals surface area contributed by atoms with E-state index in [-0.39, 0.29) is 22.9 Å². The summed E-state index contributed by atoms with van der Waals surface area (Å²) in [5, 5.41) is 10.6. The van der Waals surface area contributed by atoms with Gasteiger partial charge in [0.2, 0.25) is 0 Å². The number of aliphatic hydroxyl groups is 1. The fourth-order valence-corrected chi connectivity index (χ4v) is 6.22. The Morgan fingerprint density at radius 3 is 2.26 bits per heavy atom. The minimum atomic E-state index is -3.61. The Labute approximate surface area is 231 Å². The molecule has 1 N–H and O–H groups in total. The van der Waals surface area contributed by atoms with Crippen LogP contribution in [0.15, 0.2) is 89.8 Å². The molecule has 0 saturated carbocycles. The molecule has 0 spiro atoms. The monoisotopic (exact) mass is 554 g/mol. The second-order valence-electron chi connectivity index (χ2n) is 9.83. The molecule has 0 aliphatic carbocycles. The van der Waals surface area contributed by atoms with Crippen molar-refractivity contribution in [3.05, 3.63) is 96.1 Å². The Morgan fingerprint density at radius 1 is 0.897 bits per heavy atom. The van der Waals surface area contributed by atoms with E-state index < -0.39 is 22.0 Å². The van der Waals surface area contributed by atoms with Crippen LogP contribution in [0.5, 0.6) is 5.75 Å². The van der Waals surface area contributed by atoms with Gasteiger partial charge in [0.25, 0.3) is 0 Å². The molecule has 1 aliphatic heterocycles. The van der Waals surface area contributed by atoms with Crippen LogP contribution in [0.4, 0.5) is 0 Å². The van der Waals surface area contributed by atoms with E-state index >= 15 is 0 Å². The average Bonchev–Trinajstić information content (AvgIpc) is 2.97. The molecule has 210 valence electrons. The molecule has 4 rings (SSSR count). The number of aliphatic hydroxyl groups excluding tert-OH is 1. The molecule has 39 heavy (non-hydrogen) atoms. The van der Waals surface area contributed by atoms with E-state index in [2.05, 4.69) is 0 Å². The van der Waals surface area contributed by atoms with Gasteiger partial charge < -0.3 is 24.1 Å². The smallest absolute Gasteiger partial charge is 0.181 e. The molecule has 3 aromatic carbocycles. The third-order valence-electron chi connectivity index (χ3n) is 6.94. The molecule has 1 fully saturated rings. The second-order valence-corrected chi connectivity index (χ2v) is 11.9. The molecular weight excluding hydrogens is 516 g/mol. The molecule has 7 nitrogen and oxygen atoms in total. The van der Waals surface area contributed by atoms with E-state index in [9.17, 15) is 13.5 Å². The molecular formula is C31H38O7S. The molecule has 3 aromatic rings. The summed E-state index contributed by atoms with van der Waals surface area (Å²) < 4.78 is 49.6. The zero-order valence-electron chi connectivity index (χ0n) is 22.4. The van der Waals surface area contributed by atoms with Gasteiger partial charge in [-0.2, -0.15) is 0 Å². The van der Waals surface area contributed by atoms with E-state index in [1.165, 1.54) is 0 Å². The van der Waals surface area contributed by atoms with Crippen molar-refractivity contribution in [2.24, 2.45) is 0 Å². The van der Waals surface area contributed by atoms with Gasteiger partial charge in [0.05, 0.1) is 55.4 Å². The Bertz CT molecular complexity index is 1220. The van der Waals surface area contributed by atoms with Gasteiger partial charge in [0.15, 0.2) is 9.84 Å². The zero-order valence-corrected chi connectivity index (χ0v) is 23.2. The fourth-order valence-electron chi connectivity index (χ4n) is 4.72. The summed E-state index contributed by atoms with van der Waals surface area (Å²) in [5.41, 5.74) is 2.12. The predicted octanol–water partition coefficient (Wildman–Crippen LogP) is 4.96. The molecule has 1 saturated heterocycles. The summed E-state index contributed by atoms with van der Waals surface area (Å²) in [6, 6.07) is 26.0. The lowest BCUT2D eigenvalue weighted by atomic mass is 9.96. The number of benzene rings is 3. The first-order valence-corrected chi connectivity index (χ1v) is 15.1. The standard InChI is InChI=1S/C31H38O7S/c1-35-26-16-14-25(15-17-26)21-36-20-8-13-29(37-22-24-9-4-2-5-10-24)30-19-18-28(32)31(38-30)23-39(33,34)27-11-6-3-7-12-27/h2-7,9-12,14-17,28-32H,8,13,18-23H2,1H3/t28-,29+,30-,31-/m1/s1. The van der Waals surface area contributed by atoms with E-state index in [4.69, 9.17) is 18.9 Å². The topological polar surface area (TPSA) is 91.3 Å². The highest BCUT2D eigenvalue weighted by Gasteiger charge is 2.37. The number of methoxy groups -OCH3 is 1. The second kappa shape index (κ2) is 14.6. The number of hydrogen-bond donors (Lipinski definition) is 1. The third kappa shape index (κ3) is 8.88. The summed E-state index contributed by atoms with van der Waals surface area (Å²) in [7, 11) is -1.96. The lowest BCUT2D eigenvalue weighted by Crippen LogP contribution is -2.47. The normalized spacial score (nSPS) is 20.4. The predicted molar refractivity (Wildman–Crippen MR) is 149 cm³/mol. The molecule has 0 bridgehead atoms. The zero-order chi connectivity index (χ0) is 27.5. The van der Waals surface area contributed by atoms with Crippen LogP contribution in [0.25, 0.3) is 0 Å². The first kappa shape index (κ1) is 29.2.